The standard InChI is InChI=1S/C20H20F3N3O3/c1-14(27)15-2-5-17(6-3-15)29-13-19(28)26-10-8-25(9-11-26)18-7-4-16(12-24-18)20(21,22)23/h2-7,12H,8-11,13H2,1H3/p+1. The Kier molecular flexibility index (Phi) is 6.05. The summed E-state index contributed by atoms with van der Waals surface area (Å²) in [7, 11) is 0. The van der Waals surface area contributed by atoms with Crippen LogP contribution in [0.1, 0.15) is 22.8 Å². The Balaban J connectivity index is 1.48. The van der Waals surface area contributed by atoms with Gasteiger partial charge in [-0.15, -0.1) is 0 Å². The molecule has 1 aliphatic heterocycles. The summed E-state index contributed by atoms with van der Waals surface area (Å²) in [4.78, 5) is 29.8. The molecule has 0 radical (unpaired) electrons. The van der Waals surface area contributed by atoms with Crippen molar-refractivity contribution in [1.82, 2.24) is 4.90 Å². The van der Waals surface area contributed by atoms with Gasteiger partial charge < -0.3 is 9.64 Å². The zero-order valence-corrected chi connectivity index (χ0v) is 15.8. The Bertz CT molecular complexity index is 859. The zero-order valence-electron chi connectivity index (χ0n) is 15.8. The summed E-state index contributed by atoms with van der Waals surface area (Å²) < 4.78 is 43.4. The molecule has 1 aliphatic rings. The van der Waals surface area contributed by atoms with Gasteiger partial charge in [0, 0.05) is 11.6 Å². The van der Waals surface area contributed by atoms with Crippen molar-refractivity contribution in [2.75, 3.05) is 37.7 Å². The summed E-state index contributed by atoms with van der Waals surface area (Å²) in [6.45, 7) is 3.25. The van der Waals surface area contributed by atoms with Crippen molar-refractivity contribution in [3.63, 3.8) is 0 Å². The van der Waals surface area contributed by atoms with Crippen LogP contribution in [0.3, 0.4) is 0 Å². The van der Waals surface area contributed by atoms with Crippen LogP contribution < -0.4 is 14.6 Å². The van der Waals surface area contributed by atoms with Crippen molar-refractivity contribution >= 4 is 17.5 Å². The number of rotatable bonds is 5. The average Bonchev–Trinajstić information content (AvgIpc) is 2.72. The minimum absolute atomic E-state index is 0.0456. The van der Waals surface area contributed by atoms with Crippen molar-refractivity contribution in [3.8, 4) is 5.75 Å². The number of halogens is 3. The van der Waals surface area contributed by atoms with E-state index >= 15 is 0 Å². The Labute approximate surface area is 165 Å². The molecule has 0 saturated carbocycles. The molecule has 1 fully saturated rings. The number of amides is 1. The predicted molar refractivity (Wildman–Crippen MR) is 98.7 cm³/mol. The fraction of sp³-hybridized carbons (Fsp3) is 0.350. The van der Waals surface area contributed by atoms with E-state index in [4.69, 9.17) is 4.74 Å². The van der Waals surface area contributed by atoms with Gasteiger partial charge >= 0.3 is 6.18 Å². The Hall–Kier alpha value is -3.10. The number of aromatic nitrogens is 1. The fourth-order valence-electron chi connectivity index (χ4n) is 3.01. The highest BCUT2D eigenvalue weighted by molar-refractivity contribution is 5.94. The van der Waals surface area contributed by atoms with E-state index in [1.807, 2.05) is 4.90 Å². The number of carbonyl (C=O) groups is 2. The van der Waals surface area contributed by atoms with Crippen LogP contribution in [0.25, 0.3) is 0 Å². The minimum atomic E-state index is -4.38. The van der Waals surface area contributed by atoms with Gasteiger partial charge in [-0.2, -0.15) is 13.2 Å². The molecule has 1 N–H and O–H groups in total. The second-order valence-corrected chi connectivity index (χ2v) is 6.70. The number of ether oxygens (including phenoxy) is 1. The van der Waals surface area contributed by atoms with Gasteiger partial charge in [0.05, 0.1) is 18.7 Å². The third-order valence-electron chi connectivity index (χ3n) is 4.72. The summed E-state index contributed by atoms with van der Waals surface area (Å²) in [5.74, 6) is 0.862. The van der Waals surface area contributed by atoms with Crippen LogP contribution in [0.5, 0.6) is 5.75 Å². The van der Waals surface area contributed by atoms with Gasteiger partial charge in [-0.05, 0) is 37.3 Å². The molecule has 0 aliphatic carbocycles. The normalized spacial score (nSPS) is 14.6. The van der Waals surface area contributed by atoms with E-state index in [2.05, 4.69) is 4.98 Å². The van der Waals surface area contributed by atoms with Gasteiger partial charge in [0.1, 0.15) is 25.0 Å². The first-order valence-electron chi connectivity index (χ1n) is 9.09. The van der Waals surface area contributed by atoms with Crippen molar-refractivity contribution in [2.45, 2.75) is 13.1 Å². The lowest BCUT2D eigenvalue weighted by atomic mass is 10.1. The number of nitrogens with one attached hydrogen (secondary N) is 1. The highest BCUT2D eigenvalue weighted by Crippen LogP contribution is 2.28. The maximum absolute atomic E-state index is 12.6. The summed E-state index contributed by atoms with van der Waals surface area (Å²) >= 11 is 0. The number of aromatic amines is 1. The van der Waals surface area contributed by atoms with Gasteiger partial charge in [0.15, 0.2) is 12.4 Å². The molecule has 3 rings (SSSR count). The molecule has 1 aromatic heterocycles. The molecule has 2 aromatic rings. The van der Waals surface area contributed by atoms with Crippen LogP contribution in [0.4, 0.5) is 19.0 Å². The molecule has 2 heterocycles. The fourth-order valence-corrected chi connectivity index (χ4v) is 3.01. The van der Waals surface area contributed by atoms with Crippen LogP contribution in [-0.4, -0.2) is 49.4 Å². The topological polar surface area (TPSA) is 64.0 Å². The Morgan fingerprint density at radius 1 is 1.03 bits per heavy atom. The lowest BCUT2D eigenvalue weighted by Crippen LogP contribution is -2.51. The molecule has 0 unspecified atom stereocenters. The van der Waals surface area contributed by atoms with Gasteiger partial charge in [0.2, 0.25) is 0 Å². The first kappa shape index (κ1) is 20.6. The van der Waals surface area contributed by atoms with Crippen molar-refractivity contribution in [1.29, 1.82) is 0 Å². The lowest BCUT2D eigenvalue weighted by molar-refractivity contribution is -0.367. The van der Waals surface area contributed by atoms with Crippen LogP contribution in [0, 0.1) is 0 Å². The molecule has 1 saturated heterocycles. The predicted octanol–water partition coefficient (Wildman–Crippen LogP) is 2.45. The second kappa shape index (κ2) is 8.50. The van der Waals surface area contributed by atoms with E-state index < -0.39 is 11.7 Å². The number of pyridine rings is 1. The van der Waals surface area contributed by atoms with E-state index in [0.717, 1.165) is 12.3 Å². The van der Waals surface area contributed by atoms with Crippen LogP contribution >= 0.6 is 0 Å². The largest absolute Gasteiger partial charge is 0.484 e. The van der Waals surface area contributed by atoms with Crippen molar-refractivity contribution in [2.24, 2.45) is 0 Å². The Morgan fingerprint density at radius 3 is 2.21 bits per heavy atom. The van der Waals surface area contributed by atoms with Gasteiger partial charge in [0.25, 0.3) is 11.7 Å². The number of Topliss-reactive ketones (excluding diaryl/α,β-unsaturated/α-hetero) is 1. The third-order valence-corrected chi connectivity index (χ3v) is 4.72. The van der Waals surface area contributed by atoms with E-state index in [1.54, 1.807) is 29.2 Å². The quantitative estimate of drug-likeness (QED) is 0.713. The molecule has 154 valence electrons. The van der Waals surface area contributed by atoms with E-state index in [9.17, 15) is 22.8 Å². The second-order valence-electron chi connectivity index (χ2n) is 6.70. The number of nitrogens with zero attached hydrogens (tertiary/aromatic N) is 2. The molecule has 6 nitrogen and oxygen atoms in total. The summed E-state index contributed by atoms with van der Waals surface area (Å²) in [6.07, 6.45) is -3.44. The minimum Gasteiger partial charge on any atom is -0.484 e. The molecular formula is C20H21F3N3O3+. The number of carbonyl (C=O) groups excluding carboxylic acids is 2. The van der Waals surface area contributed by atoms with Crippen LogP contribution in [-0.2, 0) is 11.0 Å². The smallest absolute Gasteiger partial charge is 0.419 e. The maximum atomic E-state index is 12.6. The molecule has 1 aromatic carbocycles. The van der Waals surface area contributed by atoms with Gasteiger partial charge in [-0.1, -0.05) is 0 Å². The third kappa shape index (κ3) is 5.24. The summed E-state index contributed by atoms with van der Waals surface area (Å²) in [6, 6.07) is 9.00. The van der Waals surface area contributed by atoms with E-state index in [-0.39, 0.29) is 18.3 Å². The molecule has 9 heteroatoms. The number of piperazine rings is 1. The number of hydrogen-bond donors (Lipinski definition) is 0. The highest BCUT2D eigenvalue weighted by atomic mass is 19.4. The van der Waals surface area contributed by atoms with Gasteiger partial charge in [-0.3, -0.25) is 14.5 Å². The van der Waals surface area contributed by atoms with Crippen molar-refractivity contribution in [3.05, 3.63) is 53.7 Å². The maximum Gasteiger partial charge on any atom is 0.419 e. The van der Waals surface area contributed by atoms with Crippen LogP contribution in [0.15, 0.2) is 42.6 Å². The number of anilines is 1. The Morgan fingerprint density at radius 2 is 1.69 bits per heavy atom. The highest BCUT2D eigenvalue weighted by Gasteiger charge is 2.33. The number of hydrogen-bond acceptors (Lipinski definition) is 4. The first-order chi connectivity index (χ1) is 13.7. The summed E-state index contributed by atoms with van der Waals surface area (Å²) in [5, 5.41) is 0. The molecular weight excluding hydrogens is 387 g/mol. The van der Waals surface area contributed by atoms with Gasteiger partial charge in [-0.25, -0.2) is 4.98 Å². The monoisotopic (exact) mass is 408 g/mol. The number of alkyl halides is 3. The molecule has 1 amide bonds. The number of ketones is 1. The molecule has 0 bridgehead atoms. The number of benzene rings is 1. The van der Waals surface area contributed by atoms with E-state index in [1.165, 1.54) is 13.0 Å². The molecule has 29 heavy (non-hydrogen) atoms. The molecule has 0 atom stereocenters. The summed E-state index contributed by atoms with van der Waals surface area (Å²) in [5.41, 5.74) is -0.164. The van der Waals surface area contributed by atoms with Crippen molar-refractivity contribution < 1.29 is 32.5 Å². The van der Waals surface area contributed by atoms with E-state index in [0.29, 0.717) is 43.3 Å². The zero-order chi connectivity index (χ0) is 21.0. The molecule has 0 spiro atoms. The SMILES string of the molecule is CC(=O)c1ccc(OCC(=O)N2CCN(c3ccc(C(F)(F)F)c[nH+]3)CC2)cc1. The van der Waals surface area contributed by atoms with Crippen LogP contribution in [0.2, 0.25) is 0 Å². The lowest BCUT2D eigenvalue weighted by Gasteiger charge is -2.31. The first-order valence-corrected chi connectivity index (χ1v) is 9.09. The average molecular weight is 408 g/mol. The number of H-pyrrole nitrogens is 1.